The Labute approximate surface area is 259 Å². The molecule has 0 saturated carbocycles. The van der Waals surface area contributed by atoms with Crippen molar-refractivity contribution in [3.8, 4) is 11.5 Å². The monoisotopic (exact) mass is 700 g/mol. The Bertz CT molecular complexity index is 1810. The van der Waals surface area contributed by atoms with Gasteiger partial charge >= 0.3 is 5.97 Å². The van der Waals surface area contributed by atoms with E-state index in [2.05, 4.69) is 22.6 Å². The molecule has 5 rings (SSSR count). The SMILES string of the molecule is CCC1=C(C(=O)OC)[C@@H](c2ccccc2)n2c(s/c(=C\c3cc(Cl)c(OCc4ccc(I)cc4)c(OC)c3)c2=O)=N1. The molecule has 0 N–H and O–H groups in total. The number of allylic oxidation sites excluding steroid dienone is 1. The van der Waals surface area contributed by atoms with Crippen LogP contribution in [0.5, 0.6) is 11.5 Å². The van der Waals surface area contributed by atoms with Gasteiger partial charge in [0.05, 0.1) is 41.1 Å². The Kier molecular flexibility index (Phi) is 8.96. The van der Waals surface area contributed by atoms with Crippen LogP contribution < -0.4 is 24.4 Å². The van der Waals surface area contributed by atoms with Crippen LogP contribution in [0.1, 0.15) is 36.1 Å². The summed E-state index contributed by atoms with van der Waals surface area (Å²) in [6.07, 6.45) is 2.26. The van der Waals surface area contributed by atoms with Crippen molar-refractivity contribution in [1.82, 2.24) is 4.57 Å². The lowest BCUT2D eigenvalue weighted by molar-refractivity contribution is -0.136. The van der Waals surface area contributed by atoms with Crippen LogP contribution in [0.2, 0.25) is 5.02 Å². The van der Waals surface area contributed by atoms with Crippen molar-refractivity contribution in [3.05, 3.63) is 123 Å². The summed E-state index contributed by atoms with van der Waals surface area (Å²) in [7, 11) is 2.88. The number of carbonyl (C=O) groups excluding carboxylic acids is 1. The summed E-state index contributed by atoms with van der Waals surface area (Å²) >= 11 is 10.1. The summed E-state index contributed by atoms with van der Waals surface area (Å²) in [4.78, 5) is 32.0. The third-order valence-corrected chi connectivity index (χ3v) is 8.59. The second-order valence-corrected chi connectivity index (χ2v) is 11.8. The highest BCUT2D eigenvalue weighted by molar-refractivity contribution is 14.1. The van der Waals surface area contributed by atoms with Crippen LogP contribution in [0, 0.1) is 3.57 Å². The molecule has 7 nitrogen and oxygen atoms in total. The summed E-state index contributed by atoms with van der Waals surface area (Å²) in [6, 6.07) is 20.3. The molecule has 41 heavy (non-hydrogen) atoms. The lowest BCUT2D eigenvalue weighted by Gasteiger charge is -2.25. The van der Waals surface area contributed by atoms with Crippen LogP contribution in [-0.2, 0) is 16.1 Å². The molecule has 10 heteroatoms. The maximum Gasteiger partial charge on any atom is 0.338 e. The molecule has 0 radical (unpaired) electrons. The third-order valence-electron chi connectivity index (χ3n) is 6.61. The summed E-state index contributed by atoms with van der Waals surface area (Å²) in [5.41, 5.74) is 3.14. The van der Waals surface area contributed by atoms with E-state index < -0.39 is 12.0 Å². The summed E-state index contributed by atoms with van der Waals surface area (Å²) in [6.45, 7) is 2.25. The zero-order valence-corrected chi connectivity index (χ0v) is 26.2. The van der Waals surface area contributed by atoms with Crippen molar-refractivity contribution >= 4 is 57.6 Å². The molecule has 1 aliphatic heterocycles. The Morgan fingerprint density at radius 1 is 1.12 bits per heavy atom. The van der Waals surface area contributed by atoms with Gasteiger partial charge in [0.25, 0.3) is 5.56 Å². The number of methoxy groups -OCH3 is 2. The average molecular weight is 701 g/mol. The minimum absolute atomic E-state index is 0.270. The van der Waals surface area contributed by atoms with Crippen LogP contribution >= 0.6 is 45.5 Å². The molecule has 4 aromatic rings. The van der Waals surface area contributed by atoms with E-state index in [1.165, 1.54) is 18.4 Å². The molecule has 0 fully saturated rings. The van der Waals surface area contributed by atoms with E-state index in [1.54, 1.807) is 29.9 Å². The van der Waals surface area contributed by atoms with E-state index in [1.807, 2.05) is 61.5 Å². The van der Waals surface area contributed by atoms with Crippen molar-refractivity contribution in [2.75, 3.05) is 14.2 Å². The Balaban J connectivity index is 1.58. The number of rotatable bonds is 8. The predicted molar refractivity (Wildman–Crippen MR) is 168 cm³/mol. The van der Waals surface area contributed by atoms with E-state index >= 15 is 0 Å². The second-order valence-electron chi connectivity index (χ2n) is 9.15. The molecule has 0 bridgehead atoms. The fraction of sp³-hybridized carbons (Fsp3) is 0.194. The van der Waals surface area contributed by atoms with Crippen LogP contribution in [-0.4, -0.2) is 24.8 Å². The smallest absolute Gasteiger partial charge is 0.338 e. The normalized spacial score (nSPS) is 14.9. The number of benzene rings is 3. The number of thiazole rings is 1. The fourth-order valence-corrected chi connectivity index (χ4v) is 6.32. The molecule has 0 spiro atoms. The van der Waals surface area contributed by atoms with Gasteiger partial charge in [0.1, 0.15) is 6.61 Å². The Morgan fingerprint density at radius 2 is 1.85 bits per heavy atom. The van der Waals surface area contributed by atoms with Crippen molar-refractivity contribution in [2.45, 2.75) is 26.0 Å². The fourth-order valence-electron chi connectivity index (χ4n) is 4.67. The van der Waals surface area contributed by atoms with Crippen molar-refractivity contribution in [3.63, 3.8) is 0 Å². The summed E-state index contributed by atoms with van der Waals surface area (Å²) in [5.74, 6) is 0.363. The largest absolute Gasteiger partial charge is 0.493 e. The van der Waals surface area contributed by atoms with Gasteiger partial charge in [-0.2, -0.15) is 0 Å². The zero-order chi connectivity index (χ0) is 29.1. The minimum Gasteiger partial charge on any atom is -0.493 e. The number of ether oxygens (including phenoxy) is 3. The molecular weight excluding hydrogens is 675 g/mol. The van der Waals surface area contributed by atoms with Gasteiger partial charge in [-0.05, 0) is 76.0 Å². The highest BCUT2D eigenvalue weighted by Crippen LogP contribution is 2.37. The third kappa shape index (κ3) is 5.98. The number of nitrogens with zero attached hydrogens (tertiary/aromatic N) is 2. The number of carbonyl (C=O) groups is 1. The summed E-state index contributed by atoms with van der Waals surface area (Å²) < 4.78 is 19.9. The van der Waals surface area contributed by atoms with Gasteiger partial charge in [-0.3, -0.25) is 9.36 Å². The summed E-state index contributed by atoms with van der Waals surface area (Å²) in [5, 5.41) is 0.359. The number of hydrogen-bond donors (Lipinski definition) is 0. The number of esters is 1. The Hall–Kier alpha value is -3.41. The van der Waals surface area contributed by atoms with Gasteiger partial charge in [0.2, 0.25) is 0 Å². The van der Waals surface area contributed by atoms with Gasteiger partial charge in [-0.1, -0.05) is 72.3 Å². The maximum atomic E-state index is 13.9. The molecule has 1 atom stereocenters. The molecular formula is C31H26ClIN2O5S. The van der Waals surface area contributed by atoms with Crippen LogP contribution in [0.15, 0.2) is 87.8 Å². The van der Waals surface area contributed by atoms with Gasteiger partial charge in [-0.25, -0.2) is 9.79 Å². The number of aromatic nitrogens is 1. The standard InChI is InChI=1S/C31H26ClIN2O5S/c1-4-23-26(30(37)39-3)27(20-8-6-5-7-9-20)35-29(36)25(41-31(35)34-23)16-19-14-22(32)28(24(15-19)38-2)40-17-18-10-12-21(33)13-11-18/h5-16,27H,4,17H2,1-3H3/b25-16-/t27-/m1/s1. The molecule has 2 heterocycles. The lowest BCUT2D eigenvalue weighted by atomic mass is 9.95. The molecule has 1 aliphatic rings. The van der Waals surface area contributed by atoms with Crippen molar-refractivity contribution < 1.29 is 19.0 Å². The molecule has 0 unspecified atom stereocenters. The van der Waals surface area contributed by atoms with E-state index in [0.29, 0.717) is 55.7 Å². The van der Waals surface area contributed by atoms with E-state index in [4.69, 9.17) is 30.8 Å². The maximum absolute atomic E-state index is 13.9. The predicted octanol–water partition coefficient (Wildman–Crippen LogP) is 5.64. The molecule has 0 saturated heterocycles. The number of fused-ring (bicyclic) bond motifs is 1. The van der Waals surface area contributed by atoms with E-state index in [9.17, 15) is 9.59 Å². The average Bonchev–Trinajstić information content (AvgIpc) is 3.30. The van der Waals surface area contributed by atoms with Gasteiger partial charge < -0.3 is 14.2 Å². The molecule has 0 aliphatic carbocycles. The minimum atomic E-state index is -0.660. The molecule has 3 aromatic carbocycles. The Morgan fingerprint density at radius 3 is 2.51 bits per heavy atom. The van der Waals surface area contributed by atoms with Crippen molar-refractivity contribution in [2.24, 2.45) is 4.99 Å². The topological polar surface area (TPSA) is 79.1 Å². The highest BCUT2D eigenvalue weighted by atomic mass is 127. The van der Waals surface area contributed by atoms with Crippen molar-refractivity contribution in [1.29, 1.82) is 0 Å². The first-order valence-corrected chi connectivity index (χ1v) is 15.0. The van der Waals surface area contributed by atoms with E-state index in [0.717, 1.165) is 14.7 Å². The van der Waals surface area contributed by atoms with Crippen LogP contribution in [0.25, 0.3) is 6.08 Å². The number of hydrogen-bond acceptors (Lipinski definition) is 7. The zero-order valence-electron chi connectivity index (χ0n) is 22.5. The van der Waals surface area contributed by atoms with E-state index in [-0.39, 0.29) is 5.56 Å². The highest BCUT2D eigenvalue weighted by Gasteiger charge is 2.33. The van der Waals surface area contributed by atoms with Gasteiger partial charge in [0.15, 0.2) is 16.3 Å². The molecule has 210 valence electrons. The van der Waals surface area contributed by atoms with Crippen LogP contribution in [0.4, 0.5) is 0 Å². The second kappa shape index (κ2) is 12.6. The van der Waals surface area contributed by atoms with Gasteiger partial charge in [0, 0.05) is 3.57 Å². The first-order valence-electron chi connectivity index (χ1n) is 12.8. The quantitative estimate of drug-likeness (QED) is 0.176. The first kappa shape index (κ1) is 29.1. The lowest BCUT2D eigenvalue weighted by Crippen LogP contribution is -2.40. The molecule has 1 aromatic heterocycles. The molecule has 0 amide bonds. The first-order chi connectivity index (χ1) is 19.8. The number of halogens is 2. The van der Waals surface area contributed by atoms with Gasteiger partial charge in [-0.15, -0.1) is 0 Å². The van der Waals surface area contributed by atoms with Crippen LogP contribution in [0.3, 0.4) is 0 Å².